The Morgan fingerprint density at radius 1 is 1.15 bits per heavy atom. The van der Waals surface area contributed by atoms with Gasteiger partial charge in [0.05, 0.1) is 0 Å². The fraction of sp³-hybridized carbons (Fsp3) is 0.500. The molecule has 0 aromatic heterocycles. The van der Waals surface area contributed by atoms with E-state index in [0.29, 0.717) is 11.5 Å². The molecule has 0 heterocycles. The second-order valence-corrected chi connectivity index (χ2v) is 5.73. The summed E-state index contributed by atoms with van der Waals surface area (Å²) in [7, 11) is 0. The second kappa shape index (κ2) is 5.65. The topological polar surface area (TPSA) is 57.6 Å². The second-order valence-electron chi connectivity index (χ2n) is 5.73. The zero-order chi connectivity index (χ0) is 14.9. The first-order valence-corrected chi connectivity index (χ1v) is 7.07. The van der Waals surface area contributed by atoms with Crippen LogP contribution in [0.15, 0.2) is 24.3 Å². The lowest BCUT2D eigenvalue weighted by Gasteiger charge is -2.26. The lowest BCUT2D eigenvalue weighted by Crippen LogP contribution is -2.44. The molecule has 0 bridgehead atoms. The van der Waals surface area contributed by atoms with Gasteiger partial charge in [-0.2, -0.15) is 0 Å². The number of hydrogen-bond donors (Lipinski definition) is 1. The average Bonchev–Trinajstić information content (AvgIpc) is 3.23. The highest BCUT2D eigenvalue weighted by Gasteiger charge is 2.38. The van der Waals surface area contributed by atoms with Crippen molar-refractivity contribution in [3.05, 3.63) is 35.4 Å². The van der Waals surface area contributed by atoms with Gasteiger partial charge in [0, 0.05) is 11.6 Å². The van der Waals surface area contributed by atoms with E-state index in [1.54, 1.807) is 19.1 Å². The molecule has 1 fully saturated rings. The highest BCUT2D eigenvalue weighted by molar-refractivity contribution is 5.97. The van der Waals surface area contributed by atoms with E-state index < -0.39 is 12.0 Å². The fourth-order valence-corrected chi connectivity index (χ4v) is 2.29. The summed E-state index contributed by atoms with van der Waals surface area (Å²) >= 11 is 0. The molecule has 1 N–H and O–H groups in total. The molecule has 0 saturated heterocycles. The molecule has 1 amide bonds. The first-order valence-electron chi connectivity index (χ1n) is 7.07. The Hall–Kier alpha value is -1.84. The Bertz CT molecular complexity index is 503. The van der Waals surface area contributed by atoms with Crippen LogP contribution in [-0.2, 0) is 4.79 Å². The Balaban J connectivity index is 2.21. The summed E-state index contributed by atoms with van der Waals surface area (Å²) < 4.78 is 0. The van der Waals surface area contributed by atoms with E-state index in [1.165, 1.54) is 10.5 Å². The maximum Gasteiger partial charge on any atom is 0.326 e. The number of carboxylic acid groups (broad SMARTS) is 1. The van der Waals surface area contributed by atoms with Gasteiger partial charge in [-0.1, -0.05) is 26.0 Å². The minimum absolute atomic E-state index is 0.0818. The van der Waals surface area contributed by atoms with Gasteiger partial charge in [0.25, 0.3) is 5.91 Å². The van der Waals surface area contributed by atoms with Gasteiger partial charge in [-0.15, -0.1) is 0 Å². The molecule has 1 unspecified atom stereocenters. The number of carboxylic acids is 1. The van der Waals surface area contributed by atoms with Crippen molar-refractivity contribution in [1.82, 2.24) is 4.90 Å². The highest BCUT2D eigenvalue weighted by Crippen LogP contribution is 2.30. The van der Waals surface area contributed by atoms with Gasteiger partial charge in [0.1, 0.15) is 6.04 Å². The normalized spacial score (nSPS) is 16.0. The number of rotatable bonds is 5. The Morgan fingerprint density at radius 2 is 1.70 bits per heavy atom. The van der Waals surface area contributed by atoms with Crippen LogP contribution in [0.25, 0.3) is 0 Å². The van der Waals surface area contributed by atoms with Crippen molar-refractivity contribution in [2.24, 2.45) is 0 Å². The molecule has 20 heavy (non-hydrogen) atoms. The SMILES string of the molecule is CC(C)c1ccc(C(=O)N(C2CC2)C(C)C(=O)O)cc1. The number of nitrogens with zero attached hydrogens (tertiary/aromatic N) is 1. The maximum atomic E-state index is 12.5. The van der Waals surface area contributed by atoms with Crippen LogP contribution in [0.5, 0.6) is 0 Å². The van der Waals surface area contributed by atoms with Gasteiger partial charge in [0.2, 0.25) is 0 Å². The van der Waals surface area contributed by atoms with E-state index in [9.17, 15) is 9.59 Å². The quantitative estimate of drug-likeness (QED) is 0.899. The highest BCUT2D eigenvalue weighted by atomic mass is 16.4. The van der Waals surface area contributed by atoms with Gasteiger partial charge in [-0.3, -0.25) is 4.79 Å². The van der Waals surface area contributed by atoms with Crippen LogP contribution in [0.2, 0.25) is 0 Å². The van der Waals surface area contributed by atoms with Crippen LogP contribution in [0.1, 0.15) is 55.5 Å². The molecule has 1 aliphatic rings. The van der Waals surface area contributed by atoms with E-state index in [-0.39, 0.29) is 11.9 Å². The Kier molecular flexibility index (Phi) is 4.12. The third-order valence-corrected chi connectivity index (χ3v) is 3.77. The molecule has 108 valence electrons. The summed E-state index contributed by atoms with van der Waals surface area (Å²) in [6, 6.07) is 6.77. The first-order chi connectivity index (χ1) is 9.41. The number of benzene rings is 1. The summed E-state index contributed by atoms with van der Waals surface area (Å²) in [4.78, 5) is 25.2. The van der Waals surface area contributed by atoms with Crippen LogP contribution < -0.4 is 0 Å². The molecule has 1 atom stereocenters. The van der Waals surface area contributed by atoms with Crippen molar-refractivity contribution in [2.75, 3.05) is 0 Å². The van der Waals surface area contributed by atoms with Gasteiger partial charge in [-0.05, 0) is 43.4 Å². The van der Waals surface area contributed by atoms with Crippen molar-refractivity contribution in [1.29, 1.82) is 0 Å². The molecule has 2 rings (SSSR count). The van der Waals surface area contributed by atoms with Crippen LogP contribution in [0.4, 0.5) is 0 Å². The van der Waals surface area contributed by atoms with Crippen LogP contribution in [0.3, 0.4) is 0 Å². The smallest absolute Gasteiger partial charge is 0.326 e. The predicted molar refractivity (Wildman–Crippen MR) is 76.8 cm³/mol. The molecule has 0 radical (unpaired) electrons. The number of carbonyl (C=O) groups excluding carboxylic acids is 1. The van der Waals surface area contributed by atoms with E-state index in [0.717, 1.165) is 12.8 Å². The summed E-state index contributed by atoms with van der Waals surface area (Å²) in [6.07, 6.45) is 1.79. The number of hydrogen-bond acceptors (Lipinski definition) is 2. The Morgan fingerprint density at radius 3 is 2.10 bits per heavy atom. The van der Waals surface area contributed by atoms with Crippen molar-refractivity contribution in [3.8, 4) is 0 Å². The van der Waals surface area contributed by atoms with Gasteiger partial charge >= 0.3 is 5.97 Å². The fourth-order valence-electron chi connectivity index (χ4n) is 2.29. The minimum Gasteiger partial charge on any atom is -0.480 e. The molecule has 1 aromatic carbocycles. The number of aliphatic carboxylic acids is 1. The standard InChI is InChI=1S/C16H21NO3/c1-10(2)12-4-6-13(7-5-12)15(18)17(14-8-9-14)11(3)16(19)20/h4-7,10-11,14H,8-9H2,1-3H3,(H,19,20). The zero-order valence-electron chi connectivity index (χ0n) is 12.2. The van der Waals surface area contributed by atoms with E-state index >= 15 is 0 Å². The molecule has 1 aliphatic carbocycles. The third kappa shape index (κ3) is 3.00. The first kappa shape index (κ1) is 14.6. The largest absolute Gasteiger partial charge is 0.480 e. The maximum absolute atomic E-state index is 12.5. The number of carbonyl (C=O) groups is 2. The third-order valence-electron chi connectivity index (χ3n) is 3.77. The van der Waals surface area contributed by atoms with Crippen LogP contribution in [0, 0.1) is 0 Å². The average molecular weight is 275 g/mol. The van der Waals surface area contributed by atoms with Crippen molar-refractivity contribution < 1.29 is 14.7 Å². The molecule has 4 heteroatoms. The molecule has 1 aromatic rings. The Labute approximate surface area is 119 Å². The molecule has 4 nitrogen and oxygen atoms in total. The van der Waals surface area contributed by atoms with Crippen LogP contribution in [-0.4, -0.2) is 34.0 Å². The van der Waals surface area contributed by atoms with E-state index in [1.807, 2.05) is 12.1 Å². The summed E-state index contributed by atoms with van der Waals surface area (Å²) in [5, 5.41) is 9.15. The lowest BCUT2D eigenvalue weighted by molar-refractivity contribution is -0.141. The summed E-state index contributed by atoms with van der Waals surface area (Å²) in [5.74, 6) is -0.724. The minimum atomic E-state index is -0.955. The van der Waals surface area contributed by atoms with Crippen molar-refractivity contribution in [3.63, 3.8) is 0 Å². The zero-order valence-corrected chi connectivity index (χ0v) is 12.2. The van der Waals surface area contributed by atoms with E-state index in [2.05, 4.69) is 13.8 Å². The van der Waals surface area contributed by atoms with Crippen molar-refractivity contribution in [2.45, 2.75) is 51.6 Å². The predicted octanol–water partition coefficient (Wildman–Crippen LogP) is 2.89. The molecular formula is C16H21NO3. The molecular weight excluding hydrogens is 254 g/mol. The van der Waals surface area contributed by atoms with Gasteiger partial charge in [0.15, 0.2) is 0 Å². The van der Waals surface area contributed by atoms with Gasteiger partial charge in [-0.25, -0.2) is 4.79 Å². The molecule has 0 aliphatic heterocycles. The van der Waals surface area contributed by atoms with E-state index in [4.69, 9.17) is 5.11 Å². The lowest BCUT2D eigenvalue weighted by atomic mass is 10.0. The van der Waals surface area contributed by atoms with Crippen molar-refractivity contribution >= 4 is 11.9 Å². The number of amides is 1. The summed E-state index contributed by atoms with van der Waals surface area (Å²) in [5.41, 5.74) is 1.74. The summed E-state index contributed by atoms with van der Waals surface area (Å²) in [6.45, 7) is 5.76. The van der Waals surface area contributed by atoms with Gasteiger partial charge < -0.3 is 10.0 Å². The monoisotopic (exact) mass is 275 g/mol. The van der Waals surface area contributed by atoms with Crippen LogP contribution >= 0.6 is 0 Å². The molecule has 0 spiro atoms. The molecule has 1 saturated carbocycles.